The molecule has 12 heteroatoms. The van der Waals surface area contributed by atoms with Crippen molar-refractivity contribution in [3.05, 3.63) is 36.7 Å². The summed E-state index contributed by atoms with van der Waals surface area (Å²) in [5.41, 5.74) is -3.23. The van der Waals surface area contributed by atoms with Crippen LogP contribution in [0.2, 0.25) is 0 Å². The minimum Gasteiger partial charge on any atom is -0.463 e. The van der Waals surface area contributed by atoms with Crippen molar-refractivity contribution < 1.29 is 43.5 Å². The topological polar surface area (TPSA) is 159 Å². The van der Waals surface area contributed by atoms with Gasteiger partial charge in [-0.25, -0.2) is 4.68 Å². The van der Waals surface area contributed by atoms with Crippen LogP contribution in [0.3, 0.4) is 0 Å². The Hall–Kier alpha value is -2.93. The number of Topliss-reactive ketones (excluding diaryl/α,β-unsaturated/α-hetero) is 1. The van der Waals surface area contributed by atoms with E-state index in [2.05, 4.69) is 16.9 Å². The number of carbonyl (C=O) groups is 3. The molecule has 1 aromatic heterocycles. The Labute approximate surface area is 190 Å². The van der Waals surface area contributed by atoms with Crippen LogP contribution < -0.4 is 0 Å². The molecule has 0 saturated heterocycles. The Morgan fingerprint density at radius 3 is 2.52 bits per heavy atom. The molecule has 0 radical (unpaired) electrons. The fraction of sp³-hybridized carbons (Fsp3) is 0.571. The highest BCUT2D eigenvalue weighted by Gasteiger charge is 2.37. The summed E-state index contributed by atoms with van der Waals surface area (Å²) in [7, 11) is 0. The maximum absolute atomic E-state index is 12.2. The van der Waals surface area contributed by atoms with E-state index in [1.54, 1.807) is 0 Å². The zero-order valence-corrected chi connectivity index (χ0v) is 19.0. The number of hydrogen-bond acceptors (Lipinski definition) is 11. The zero-order valence-electron chi connectivity index (χ0n) is 19.0. The van der Waals surface area contributed by atoms with Gasteiger partial charge in [0.25, 0.3) is 0 Å². The van der Waals surface area contributed by atoms with Gasteiger partial charge in [-0.2, -0.15) is 0 Å². The fourth-order valence-corrected chi connectivity index (χ4v) is 2.81. The molecule has 0 bridgehead atoms. The second kappa shape index (κ2) is 10.8. The number of carbonyl (C=O) groups excluding carboxylic acids is 3. The predicted octanol–water partition coefficient (Wildman–Crippen LogP) is -0.216. The van der Waals surface area contributed by atoms with Crippen molar-refractivity contribution in [2.45, 2.75) is 63.9 Å². The second-order valence-corrected chi connectivity index (χ2v) is 7.86. The van der Waals surface area contributed by atoms with Gasteiger partial charge in [0.05, 0.1) is 19.3 Å². The van der Waals surface area contributed by atoms with Crippen LogP contribution in [0, 0.1) is 0 Å². The molecule has 2 N–H and O–H groups in total. The highest BCUT2D eigenvalue weighted by Crippen LogP contribution is 2.22. The van der Waals surface area contributed by atoms with E-state index in [0.29, 0.717) is 0 Å². The number of hydrogen-bond donors (Lipinski definition) is 2. The van der Waals surface area contributed by atoms with Crippen molar-refractivity contribution in [3.8, 4) is 0 Å². The zero-order chi connectivity index (χ0) is 24.8. The van der Waals surface area contributed by atoms with Crippen molar-refractivity contribution in [2.75, 3.05) is 13.2 Å². The van der Waals surface area contributed by atoms with E-state index >= 15 is 0 Å². The molecule has 182 valence electrons. The van der Waals surface area contributed by atoms with Crippen LogP contribution in [0.4, 0.5) is 0 Å². The normalized spacial score (nSPS) is 23.8. The van der Waals surface area contributed by atoms with Crippen LogP contribution in [-0.2, 0) is 45.5 Å². The fourth-order valence-electron chi connectivity index (χ4n) is 2.81. The lowest BCUT2D eigenvalue weighted by molar-refractivity contribution is -0.211. The van der Waals surface area contributed by atoms with Crippen LogP contribution in [0.25, 0.3) is 0 Å². The standard InChI is InChI=1S/C21H29N3O9/c1-6-20(5,28)18-9-24(23-22-18)11-21(29,13(2)25)12-31-19-8-7-16(32-15(4)27)17(33-19)10-30-14(3)26/h6-9,16-17,19,28-29H,1,10-12H2,2-5H3/t16-,17+,19-,20?,21?/m0/s1. The van der Waals surface area contributed by atoms with Gasteiger partial charge in [-0.1, -0.05) is 17.9 Å². The smallest absolute Gasteiger partial charge is 0.303 e. The minimum absolute atomic E-state index is 0.188. The summed E-state index contributed by atoms with van der Waals surface area (Å²) in [6, 6.07) is 0. The van der Waals surface area contributed by atoms with E-state index in [4.69, 9.17) is 18.9 Å². The largest absolute Gasteiger partial charge is 0.463 e. The third-order valence-electron chi connectivity index (χ3n) is 4.91. The SMILES string of the molecule is C=CC(C)(O)c1cn(CC(O)(CO[C@@H]2C=C[C@H](OC(C)=O)[C@@H](COC(C)=O)O2)C(C)=O)nn1. The van der Waals surface area contributed by atoms with Crippen molar-refractivity contribution >= 4 is 17.7 Å². The highest BCUT2D eigenvalue weighted by molar-refractivity contribution is 5.84. The summed E-state index contributed by atoms with van der Waals surface area (Å²) >= 11 is 0. The van der Waals surface area contributed by atoms with Gasteiger partial charge in [0.15, 0.2) is 17.7 Å². The first kappa shape index (κ1) is 26.3. The molecule has 2 rings (SSSR count). The number of aliphatic hydroxyl groups is 2. The molecule has 33 heavy (non-hydrogen) atoms. The number of aromatic nitrogens is 3. The van der Waals surface area contributed by atoms with Crippen molar-refractivity contribution in [3.63, 3.8) is 0 Å². The third-order valence-corrected chi connectivity index (χ3v) is 4.91. The first-order valence-corrected chi connectivity index (χ1v) is 10.1. The molecular weight excluding hydrogens is 438 g/mol. The van der Waals surface area contributed by atoms with E-state index in [1.807, 2.05) is 0 Å². The quantitative estimate of drug-likeness (QED) is 0.327. The lowest BCUT2D eigenvalue weighted by atomic mass is 10.0. The number of ether oxygens (including phenoxy) is 4. The molecule has 2 unspecified atom stereocenters. The van der Waals surface area contributed by atoms with Gasteiger partial charge in [-0.15, -0.1) is 5.10 Å². The summed E-state index contributed by atoms with van der Waals surface area (Å²) in [6.45, 7) is 7.68. The van der Waals surface area contributed by atoms with Crippen molar-refractivity contribution in [1.82, 2.24) is 15.0 Å². The predicted molar refractivity (Wildman–Crippen MR) is 111 cm³/mol. The lowest BCUT2D eigenvalue weighted by Gasteiger charge is -2.33. The molecule has 2 heterocycles. The van der Waals surface area contributed by atoms with Crippen LogP contribution in [0.5, 0.6) is 0 Å². The Kier molecular flexibility index (Phi) is 8.61. The monoisotopic (exact) mass is 467 g/mol. The van der Waals surface area contributed by atoms with E-state index in [-0.39, 0.29) is 18.8 Å². The Balaban J connectivity index is 2.08. The van der Waals surface area contributed by atoms with Crippen LogP contribution in [0.15, 0.2) is 31.0 Å². The lowest BCUT2D eigenvalue weighted by Crippen LogP contribution is -2.48. The average molecular weight is 467 g/mol. The van der Waals surface area contributed by atoms with Gasteiger partial charge in [-0.3, -0.25) is 14.4 Å². The molecule has 0 saturated carbocycles. The Morgan fingerprint density at radius 2 is 1.94 bits per heavy atom. The summed E-state index contributed by atoms with van der Waals surface area (Å²) in [6.07, 6.45) is 2.95. The summed E-state index contributed by atoms with van der Waals surface area (Å²) < 4.78 is 22.5. The van der Waals surface area contributed by atoms with E-state index < -0.39 is 54.0 Å². The Bertz CT molecular complexity index is 911. The number of ketones is 1. The van der Waals surface area contributed by atoms with Crippen molar-refractivity contribution in [1.29, 1.82) is 0 Å². The van der Waals surface area contributed by atoms with Gasteiger partial charge in [0.2, 0.25) is 0 Å². The molecule has 1 aromatic rings. The summed E-state index contributed by atoms with van der Waals surface area (Å²) in [5, 5.41) is 28.8. The first-order chi connectivity index (χ1) is 15.4. The molecule has 0 spiro atoms. The maximum Gasteiger partial charge on any atom is 0.303 e. The highest BCUT2D eigenvalue weighted by atomic mass is 16.7. The molecule has 12 nitrogen and oxygen atoms in total. The Morgan fingerprint density at radius 1 is 1.24 bits per heavy atom. The van der Waals surface area contributed by atoms with E-state index in [0.717, 1.165) is 0 Å². The van der Waals surface area contributed by atoms with Crippen LogP contribution in [-0.4, -0.2) is 80.2 Å². The van der Waals surface area contributed by atoms with Gasteiger partial charge in [0, 0.05) is 13.8 Å². The van der Waals surface area contributed by atoms with Crippen molar-refractivity contribution in [2.24, 2.45) is 0 Å². The molecular formula is C21H29N3O9. The van der Waals surface area contributed by atoms with Gasteiger partial charge in [-0.05, 0) is 26.0 Å². The number of rotatable bonds is 11. The first-order valence-electron chi connectivity index (χ1n) is 10.1. The molecule has 0 aliphatic carbocycles. The molecule has 5 atom stereocenters. The van der Waals surface area contributed by atoms with Gasteiger partial charge in [0.1, 0.15) is 30.1 Å². The molecule has 1 aliphatic heterocycles. The second-order valence-electron chi connectivity index (χ2n) is 7.86. The molecule has 1 aliphatic rings. The number of nitrogens with zero attached hydrogens (tertiary/aromatic N) is 3. The average Bonchev–Trinajstić information content (AvgIpc) is 3.20. The number of esters is 2. The van der Waals surface area contributed by atoms with Crippen LogP contribution >= 0.6 is 0 Å². The molecule has 0 aromatic carbocycles. The minimum atomic E-state index is -1.99. The third kappa shape index (κ3) is 7.29. The molecule has 0 fully saturated rings. The maximum atomic E-state index is 12.2. The van der Waals surface area contributed by atoms with E-state index in [9.17, 15) is 24.6 Å². The van der Waals surface area contributed by atoms with Gasteiger partial charge < -0.3 is 29.2 Å². The van der Waals surface area contributed by atoms with Gasteiger partial charge >= 0.3 is 11.9 Å². The van der Waals surface area contributed by atoms with E-state index in [1.165, 1.54) is 56.8 Å². The summed E-state index contributed by atoms with van der Waals surface area (Å²) in [4.78, 5) is 34.6. The summed E-state index contributed by atoms with van der Waals surface area (Å²) in [5.74, 6) is -1.68. The van der Waals surface area contributed by atoms with Crippen LogP contribution in [0.1, 0.15) is 33.4 Å². The molecule has 0 amide bonds.